The Hall–Kier alpha value is -0.720. The molecule has 0 unspecified atom stereocenters. The minimum Gasteiger partial charge on any atom is -0.486 e. The highest BCUT2D eigenvalue weighted by Gasteiger charge is 2.22. The Balaban J connectivity index is 2.74. The highest BCUT2D eigenvalue weighted by atomic mass is 127. The number of hydrogen-bond acceptors (Lipinski definition) is 2. The second-order valence-corrected chi connectivity index (χ2v) is 4.33. The molecule has 82 valence electrons. The molecular formula is C10H9F2IO2. The van der Waals surface area contributed by atoms with E-state index in [1.165, 1.54) is 12.1 Å². The molecule has 0 N–H and O–H groups in total. The SMILES string of the molecule is CC(F)(F)COc1ccc(C=O)cc1I. The molecule has 0 atom stereocenters. The van der Waals surface area contributed by atoms with Crippen molar-refractivity contribution in [1.82, 2.24) is 0 Å². The van der Waals surface area contributed by atoms with Crippen molar-refractivity contribution in [3.05, 3.63) is 27.3 Å². The van der Waals surface area contributed by atoms with Gasteiger partial charge in [-0.2, -0.15) is 0 Å². The monoisotopic (exact) mass is 326 g/mol. The maximum absolute atomic E-state index is 12.5. The van der Waals surface area contributed by atoms with Gasteiger partial charge in [-0.3, -0.25) is 4.79 Å². The molecule has 0 amide bonds. The number of carbonyl (C=O) groups is 1. The van der Waals surface area contributed by atoms with Crippen LogP contribution in [0.25, 0.3) is 0 Å². The van der Waals surface area contributed by atoms with Crippen LogP contribution in [0.3, 0.4) is 0 Å². The van der Waals surface area contributed by atoms with E-state index >= 15 is 0 Å². The molecular weight excluding hydrogens is 317 g/mol. The third kappa shape index (κ3) is 4.11. The van der Waals surface area contributed by atoms with Gasteiger partial charge in [0.25, 0.3) is 5.92 Å². The lowest BCUT2D eigenvalue weighted by Crippen LogP contribution is -2.21. The summed E-state index contributed by atoms with van der Waals surface area (Å²) in [6.07, 6.45) is 0.695. The van der Waals surface area contributed by atoms with Crippen LogP contribution in [-0.2, 0) is 0 Å². The van der Waals surface area contributed by atoms with E-state index in [2.05, 4.69) is 0 Å². The molecule has 0 saturated carbocycles. The Morgan fingerprint density at radius 1 is 1.53 bits per heavy atom. The average Bonchev–Trinajstić information content (AvgIpc) is 2.14. The van der Waals surface area contributed by atoms with Gasteiger partial charge in [-0.15, -0.1) is 0 Å². The lowest BCUT2D eigenvalue weighted by molar-refractivity contribution is -0.0232. The van der Waals surface area contributed by atoms with Crippen molar-refractivity contribution in [1.29, 1.82) is 0 Å². The Morgan fingerprint density at radius 3 is 2.67 bits per heavy atom. The first kappa shape index (κ1) is 12.4. The van der Waals surface area contributed by atoms with Crippen molar-refractivity contribution in [3.63, 3.8) is 0 Å². The van der Waals surface area contributed by atoms with E-state index in [-0.39, 0.29) is 0 Å². The molecule has 0 fully saturated rings. The highest BCUT2D eigenvalue weighted by Crippen LogP contribution is 2.23. The molecule has 1 rings (SSSR count). The summed E-state index contributed by atoms with van der Waals surface area (Å²) in [6.45, 7) is 0.128. The zero-order valence-electron chi connectivity index (χ0n) is 7.97. The summed E-state index contributed by atoms with van der Waals surface area (Å²) >= 11 is 1.93. The summed E-state index contributed by atoms with van der Waals surface area (Å²) in [6, 6.07) is 4.62. The Morgan fingerprint density at radius 2 is 2.20 bits per heavy atom. The van der Waals surface area contributed by atoms with Crippen LogP contribution in [-0.4, -0.2) is 18.8 Å². The highest BCUT2D eigenvalue weighted by molar-refractivity contribution is 14.1. The summed E-state index contributed by atoms with van der Waals surface area (Å²) in [5, 5.41) is 0. The number of benzene rings is 1. The summed E-state index contributed by atoms with van der Waals surface area (Å²) in [5.41, 5.74) is 0.495. The van der Waals surface area contributed by atoms with E-state index < -0.39 is 12.5 Å². The largest absolute Gasteiger partial charge is 0.486 e. The van der Waals surface area contributed by atoms with E-state index in [1.54, 1.807) is 6.07 Å². The van der Waals surface area contributed by atoms with Crippen molar-refractivity contribution in [3.8, 4) is 5.75 Å². The second kappa shape index (κ2) is 4.87. The number of halogens is 3. The summed E-state index contributed by atoms with van der Waals surface area (Å²) in [4.78, 5) is 10.4. The number of aldehydes is 1. The lowest BCUT2D eigenvalue weighted by atomic mass is 10.2. The van der Waals surface area contributed by atoms with E-state index in [9.17, 15) is 13.6 Å². The van der Waals surface area contributed by atoms with Crippen LogP contribution in [0.1, 0.15) is 17.3 Å². The Labute approximate surface area is 99.8 Å². The molecule has 1 aromatic rings. The van der Waals surface area contributed by atoms with Gasteiger partial charge >= 0.3 is 0 Å². The van der Waals surface area contributed by atoms with Crippen molar-refractivity contribution in [2.24, 2.45) is 0 Å². The van der Waals surface area contributed by atoms with Gasteiger partial charge in [-0.1, -0.05) is 0 Å². The molecule has 2 nitrogen and oxygen atoms in total. The minimum absolute atomic E-state index is 0.364. The van der Waals surface area contributed by atoms with E-state index in [0.29, 0.717) is 21.2 Å². The van der Waals surface area contributed by atoms with Gasteiger partial charge < -0.3 is 4.74 Å². The molecule has 0 aliphatic heterocycles. The zero-order valence-corrected chi connectivity index (χ0v) is 10.1. The molecule has 5 heteroatoms. The summed E-state index contributed by atoms with van der Waals surface area (Å²) in [7, 11) is 0. The summed E-state index contributed by atoms with van der Waals surface area (Å²) < 4.78 is 30.6. The Kier molecular flexibility index (Phi) is 4.01. The van der Waals surface area contributed by atoms with Crippen LogP contribution in [0.4, 0.5) is 8.78 Å². The van der Waals surface area contributed by atoms with Gasteiger partial charge in [-0.25, -0.2) is 8.78 Å². The first-order chi connectivity index (χ1) is 6.92. The first-order valence-electron chi connectivity index (χ1n) is 4.18. The minimum atomic E-state index is -2.85. The van der Waals surface area contributed by atoms with E-state index in [0.717, 1.165) is 6.92 Å². The van der Waals surface area contributed by atoms with Crippen molar-refractivity contribution < 1.29 is 18.3 Å². The van der Waals surface area contributed by atoms with Gasteiger partial charge in [0.2, 0.25) is 0 Å². The normalized spacial score (nSPS) is 11.2. The van der Waals surface area contributed by atoms with Crippen LogP contribution in [0.2, 0.25) is 0 Å². The molecule has 0 heterocycles. The molecule has 0 saturated heterocycles. The first-order valence-corrected chi connectivity index (χ1v) is 5.25. The number of rotatable bonds is 4. The van der Waals surface area contributed by atoms with Crippen LogP contribution in [0.15, 0.2) is 18.2 Å². The quantitative estimate of drug-likeness (QED) is 0.628. The average molecular weight is 326 g/mol. The molecule has 0 aliphatic rings. The Bertz CT molecular complexity index is 361. The van der Waals surface area contributed by atoms with Gasteiger partial charge in [0.1, 0.15) is 12.0 Å². The molecule has 1 aromatic carbocycles. The fourth-order valence-corrected chi connectivity index (χ4v) is 1.61. The molecule has 0 radical (unpaired) electrons. The van der Waals surface area contributed by atoms with Gasteiger partial charge in [0, 0.05) is 12.5 Å². The predicted molar refractivity (Wildman–Crippen MR) is 60.7 cm³/mol. The fraction of sp³-hybridized carbons (Fsp3) is 0.300. The van der Waals surface area contributed by atoms with E-state index in [1.807, 2.05) is 22.6 Å². The van der Waals surface area contributed by atoms with Crippen LogP contribution >= 0.6 is 22.6 Å². The molecule has 0 bridgehead atoms. The number of hydrogen-bond donors (Lipinski definition) is 0. The molecule has 0 aromatic heterocycles. The second-order valence-electron chi connectivity index (χ2n) is 3.17. The van der Waals surface area contributed by atoms with Crippen LogP contribution in [0.5, 0.6) is 5.75 Å². The van der Waals surface area contributed by atoms with Crippen LogP contribution in [0, 0.1) is 3.57 Å². The summed E-state index contributed by atoms with van der Waals surface area (Å²) in [5.74, 6) is -2.49. The molecule has 0 spiro atoms. The van der Waals surface area contributed by atoms with Gasteiger partial charge in [0.05, 0.1) is 3.57 Å². The smallest absolute Gasteiger partial charge is 0.278 e. The number of carbonyl (C=O) groups excluding carboxylic acids is 1. The van der Waals surface area contributed by atoms with Gasteiger partial charge in [0.15, 0.2) is 6.61 Å². The number of ether oxygens (including phenoxy) is 1. The van der Waals surface area contributed by atoms with Crippen molar-refractivity contribution in [2.45, 2.75) is 12.8 Å². The third-order valence-electron chi connectivity index (χ3n) is 1.57. The predicted octanol–water partition coefficient (Wildman–Crippen LogP) is 3.14. The molecule has 15 heavy (non-hydrogen) atoms. The van der Waals surface area contributed by atoms with Crippen molar-refractivity contribution in [2.75, 3.05) is 6.61 Å². The topological polar surface area (TPSA) is 26.3 Å². The maximum Gasteiger partial charge on any atom is 0.278 e. The van der Waals surface area contributed by atoms with Crippen molar-refractivity contribution >= 4 is 28.9 Å². The lowest BCUT2D eigenvalue weighted by Gasteiger charge is -2.13. The van der Waals surface area contributed by atoms with Gasteiger partial charge in [-0.05, 0) is 40.8 Å². The maximum atomic E-state index is 12.5. The fourth-order valence-electron chi connectivity index (χ4n) is 0.912. The third-order valence-corrected chi connectivity index (χ3v) is 2.42. The number of alkyl halides is 2. The standard InChI is InChI=1S/C10H9F2IO2/c1-10(11,12)6-15-9-3-2-7(5-14)4-8(9)13/h2-5H,6H2,1H3. The van der Waals surface area contributed by atoms with E-state index in [4.69, 9.17) is 4.74 Å². The van der Waals surface area contributed by atoms with Crippen LogP contribution < -0.4 is 4.74 Å². The zero-order chi connectivity index (χ0) is 11.5. The molecule has 0 aliphatic carbocycles.